The van der Waals surface area contributed by atoms with E-state index in [0.717, 1.165) is 19.4 Å². The van der Waals surface area contributed by atoms with Crippen molar-refractivity contribution in [2.75, 3.05) is 6.54 Å². The largest absolute Gasteiger partial charge is 0.508 e. The van der Waals surface area contributed by atoms with E-state index in [1.807, 2.05) is 12.1 Å². The van der Waals surface area contributed by atoms with Gasteiger partial charge in [0.25, 0.3) is 0 Å². The molecule has 14 heavy (non-hydrogen) atoms. The zero-order chi connectivity index (χ0) is 9.60. The molecule has 2 N–H and O–H groups in total. The molecule has 0 amide bonds. The van der Waals surface area contributed by atoms with E-state index < -0.39 is 0 Å². The van der Waals surface area contributed by atoms with Gasteiger partial charge in [0.05, 0.1) is 0 Å². The van der Waals surface area contributed by atoms with Crippen molar-refractivity contribution in [3.05, 3.63) is 29.3 Å². The van der Waals surface area contributed by atoms with E-state index >= 15 is 0 Å². The molecule has 1 saturated heterocycles. The third-order valence-corrected chi connectivity index (χ3v) is 3.67. The van der Waals surface area contributed by atoms with Crippen LogP contribution in [0.4, 0.5) is 0 Å². The number of hydrogen-bond acceptors (Lipinski definition) is 2. The number of phenols is 1. The highest BCUT2D eigenvalue weighted by atomic mass is 16.3. The van der Waals surface area contributed by atoms with E-state index in [9.17, 15) is 5.11 Å². The summed E-state index contributed by atoms with van der Waals surface area (Å²) in [6.45, 7) is 1.09. The second-order valence-electron chi connectivity index (χ2n) is 4.42. The average molecular weight is 189 g/mol. The number of aryl methyl sites for hydroxylation is 1. The van der Waals surface area contributed by atoms with Gasteiger partial charge in [-0.2, -0.15) is 0 Å². The number of rotatable bonds is 0. The minimum absolute atomic E-state index is 0.112. The van der Waals surface area contributed by atoms with Crippen molar-refractivity contribution >= 4 is 0 Å². The highest BCUT2D eigenvalue weighted by molar-refractivity contribution is 5.48. The molecule has 0 radical (unpaired) electrons. The summed E-state index contributed by atoms with van der Waals surface area (Å²) in [5.74, 6) is 0.481. The number of nitrogens with one attached hydrogen (secondary N) is 1. The first kappa shape index (κ1) is 8.30. The number of benzene rings is 1. The Hall–Kier alpha value is -1.02. The predicted molar refractivity (Wildman–Crippen MR) is 55.3 cm³/mol. The fourth-order valence-corrected chi connectivity index (χ4v) is 3.05. The van der Waals surface area contributed by atoms with Crippen molar-refractivity contribution in [2.24, 2.45) is 0 Å². The molecule has 1 spiro atoms. The normalized spacial score (nSPS) is 29.7. The average Bonchev–Trinajstić information content (AvgIpc) is 2.77. The van der Waals surface area contributed by atoms with Crippen LogP contribution in [-0.4, -0.2) is 11.7 Å². The molecule has 3 rings (SSSR count). The van der Waals surface area contributed by atoms with E-state index in [1.165, 1.54) is 24.0 Å². The Morgan fingerprint density at radius 2 is 2.21 bits per heavy atom. The van der Waals surface area contributed by atoms with Gasteiger partial charge in [0, 0.05) is 11.1 Å². The standard InChI is InChI=1S/C12H15NO/c14-10-4-1-3-9-5-7-12(11(9)10)6-2-8-13-12/h1,3-4,13-14H,2,5-8H2/t12-/m0/s1. The van der Waals surface area contributed by atoms with Crippen molar-refractivity contribution in [1.82, 2.24) is 5.32 Å². The summed E-state index contributed by atoms with van der Waals surface area (Å²) in [6, 6.07) is 5.90. The van der Waals surface area contributed by atoms with Gasteiger partial charge in [-0.05, 0) is 43.9 Å². The monoisotopic (exact) mass is 189 g/mol. The molecule has 2 nitrogen and oxygen atoms in total. The van der Waals surface area contributed by atoms with Crippen LogP contribution in [0.15, 0.2) is 18.2 Å². The van der Waals surface area contributed by atoms with Gasteiger partial charge in [-0.1, -0.05) is 12.1 Å². The summed E-state index contributed by atoms with van der Waals surface area (Å²) in [5, 5.41) is 13.5. The second-order valence-corrected chi connectivity index (χ2v) is 4.42. The fourth-order valence-electron chi connectivity index (χ4n) is 3.05. The number of aromatic hydroxyl groups is 1. The Morgan fingerprint density at radius 1 is 1.29 bits per heavy atom. The quantitative estimate of drug-likeness (QED) is 0.653. The summed E-state index contributed by atoms with van der Waals surface area (Å²) in [5.41, 5.74) is 2.62. The van der Waals surface area contributed by atoms with E-state index in [0.29, 0.717) is 5.75 Å². The van der Waals surface area contributed by atoms with Crippen LogP contribution in [0.2, 0.25) is 0 Å². The minimum Gasteiger partial charge on any atom is -0.508 e. The van der Waals surface area contributed by atoms with Gasteiger partial charge in [0.2, 0.25) is 0 Å². The lowest BCUT2D eigenvalue weighted by atomic mass is 9.89. The topological polar surface area (TPSA) is 32.3 Å². The van der Waals surface area contributed by atoms with Crippen LogP contribution in [0.5, 0.6) is 5.75 Å². The molecule has 0 unspecified atom stereocenters. The van der Waals surface area contributed by atoms with E-state index in [-0.39, 0.29) is 5.54 Å². The highest BCUT2D eigenvalue weighted by Gasteiger charge is 2.42. The van der Waals surface area contributed by atoms with Gasteiger partial charge >= 0.3 is 0 Å². The zero-order valence-corrected chi connectivity index (χ0v) is 8.21. The van der Waals surface area contributed by atoms with E-state index in [1.54, 1.807) is 0 Å². The Balaban J connectivity index is 2.16. The molecule has 1 fully saturated rings. The number of hydrogen-bond donors (Lipinski definition) is 2. The summed E-state index contributed by atoms with van der Waals surface area (Å²) in [7, 11) is 0. The first-order valence-electron chi connectivity index (χ1n) is 5.38. The molecule has 1 heterocycles. The molecule has 0 bridgehead atoms. The molecule has 1 aromatic carbocycles. The third-order valence-electron chi connectivity index (χ3n) is 3.67. The lowest BCUT2D eigenvalue weighted by molar-refractivity contribution is 0.367. The minimum atomic E-state index is 0.112. The van der Waals surface area contributed by atoms with Gasteiger partial charge in [-0.25, -0.2) is 0 Å². The Bertz CT molecular complexity index is 367. The molecule has 0 aromatic heterocycles. The summed E-state index contributed by atoms with van der Waals surface area (Å²) in [6.07, 6.45) is 4.67. The molecule has 1 aliphatic carbocycles. The molecule has 2 heteroatoms. The van der Waals surface area contributed by atoms with Gasteiger partial charge < -0.3 is 10.4 Å². The third kappa shape index (κ3) is 0.947. The first-order valence-corrected chi connectivity index (χ1v) is 5.38. The molecule has 1 aromatic rings. The maximum Gasteiger partial charge on any atom is 0.120 e. The molecular formula is C12H15NO. The van der Waals surface area contributed by atoms with Crippen LogP contribution in [-0.2, 0) is 12.0 Å². The zero-order valence-electron chi connectivity index (χ0n) is 8.21. The van der Waals surface area contributed by atoms with Gasteiger partial charge in [0.1, 0.15) is 5.75 Å². The summed E-state index contributed by atoms with van der Waals surface area (Å²) >= 11 is 0. The van der Waals surface area contributed by atoms with Crippen LogP contribution in [0.3, 0.4) is 0 Å². The predicted octanol–water partition coefficient (Wildman–Crippen LogP) is 1.92. The Labute approximate surface area is 84.0 Å². The maximum atomic E-state index is 9.92. The van der Waals surface area contributed by atoms with Gasteiger partial charge in [-0.15, -0.1) is 0 Å². The van der Waals surface area contributed by atoms with Gasteiger partial charge in [-0.3, -0.25) is 0 Å². The SMILES string of the molecule is Oc1cccc2c1[C@]1(CCCN1)CC2. The molecule has 1 atom stereocenters. The second kappa shape index (κ2) is 2.74. The molecule has 1 aliphatic heterocycles. The Kier molecular flexibility index (Phi) is 1.62. The van der Waals surface area contributed by atoms with E-state index in [2.05, 4.69) is 11.4 Å². The van der Waals surface area contributed by atoms with Crippen molar-refractivity contribution in [1.29, 1.82) is 0 Å². The summed E-state index contributed by atoms with van der Waals surface area (Å²) in [4.78, 5) is 0. The van der Waals surface area contributed by atoms with Crippen LogP contribution in [0.1, 0.15) is 30.4 Å². The number of phenolic OH excluding ortho intramolecular Hbond substituents is 1. The van der Waals surface area contributed by atoms with Crippen LogP contribution in [0.25, 0.3) is 0 Å². The van der Waals surface area contributed by atoms with Gasteiger partial charge in [0.15, 0.2) is 0 Å². The Morgan fingerprint density at radius 3 is 3.00 bits per heavy atom. The van der Waals surface area contributed by atoms with Crippen molar-refractivity contribution < 1.29 is 5.11 Å². The van der Waals surface area contributed by atoms with Crippen molar-refractivity contribution in [3.63, 3.8) is 0 Å². The van der Waals surface area contributed by atoms with E-state index in [4.69, 9.17) is 0 Å². The molecule has 74 valence electrons. The highest BCUT2D eigenvalue weighted by Crippen LogP contribution is 2.46. The lowest BCUT2D eigenvalue weighted by Gasteiger charge is -2.25. The molecule has 0 saturated carbocycles. The fraction of sp³-hybridized carbons (Fsp3) is 0.500. The molecule has 2 aliphatic rings. The van der Waals surface area contributed by atoms with Crippen LogP contribution >= 0.6 is 0 Å². The van der Waals surface area contributed by atoms with Crippen LogP contribution < -0.4 is 5.32 Å². The van der Waals surface area contributed by atoms with Crippen LogP contribution in [0, 0.1) is 0 Å². The first-order chi connectivity index (χ1) is 6.82. The lowest BCUT2D eigenvalue weighted by Crippen LogP contribution is -2.34. The molecular weight excluding hydrogens is 174 g/mol. The van der Waals surface area contributed by atoms with Crippen molar-refractivity contribution in [3.8, 4) is 5.75 Å². The maximum absolute atomic E-state index is 9.92. The number of fused-ring (bicyclic) bond motifs is 2. The van der Waals surface area contributed by atoms with Crippen molar-refractivity contribution in [2.45, 2.75) is 31.2 Å². The smallest absolute Gasteiger partial charge is 0.120 e. The summed E-state index contributed by atoms with van der Waals surface area (Å²) < 4.78 is 0.